The number of rotatable bonds is 4. The van der Waals surface area contributed by atoms with E-state index in [4.69, 9.17) is 9.84 Å². The Hall–Kier alpha value is -1.43. The van der Waals surface area contributed by atoms with E-state index in [9.17, 15) is 14.4 Å². The number of carbonyl (C=O) groups is 3. The van der Waals surface area contributed by atoms with Crippen LogP contribution in [0.15, 0.2) is 0 Å². The number of imide groups is 1. The summed E-state index contributed by atoms with van der Waals surface area (Å²) >= 11 is 0. The van der Waals surface area contributed by atoms with Crippen LogP contribution in [-0.2, 0) is 19.1 Å². The average molecular weight is 215 g/mol. The smallest absolute Gasteiger partial charge is 0.306 e. The van der Waals surface area contributed by atoms with Gasteiger partial charge in [0.15, 0.2) is 0 Å². The summed E-state index contributed by atoms with van der Waals surface area (Å²) in [6.07, 6.45) is 0.271. The molecule has 0 aromatic heterocycles. The van der Waals surface area contributed by atoms with E-state index in [-0.39, 0.29) is 26.2 Å². The minimum Gasteiger partial charge on any atom is -0.481 e. The molecule has 1 rings (SSSR count). The Labute approximate surface area is 86.8 Å². The molecule has 6 nitrogen and oxygen atoms in total. The number of ether oxygens (including phenoxy) is 1. The fourth-order valence-corrected chi connectivity index (χ4v) is 1.22. The van der Waals surface area contributed by atoms with Gasteiger partial charge >= 0.3 is 5.97 Å². The zero-order valence-electron chi connectivity index (χ0n) is 8.43. The van der Waals surface area contributed by atoms with Crippen LogP contribution in [0, 0.1) is 5.92 Å². The average Bonchev–Trinajstić information content (AvgIpc) is 2.16. The molecule has 1 unspecified atom stereocenters. The molecule has 1 N–H and O–H groups in total. The van der Waals surface area contributed by atoms with E-state index in [1.807, 2.05) is 0 Å². The summed E-state index contributed by atoms with van der Waals surface area (Å²) in [6.45, 7) is 1.48. The van der Waals surface area contributed by atoms with Gasteiger partial charge in [0.25, 0.3) is 11.8 Å². The summed E-state index contributed by atoms with van der Waals surface area (Å²) in [5.41, 5.74) is 0. The maximum Gasteiger partial charge on any atom is 0.306 e. The third kappa shape index (κ3) is 3.02. The Morgan fingerprint density at radius 1 is 1.47 bits per heavy atom. The lowest BCUT2D eigenvalue weighted by Gasteiger charge is -2.25. The third-order valence-corrected chi connectivity index (χ3v) is 2.26. The van der Waals surface area contributed by atoms with Gasteiger partial charge in [0.2, 0.25) is 0 Å². The summed E-state index contributed by atoms with van der Waals surface area (Å²) in [5, 5.41) is 8.63. The first-order chi connectivity index (χ1) is 7.02. The highest BCUT2D eigenvalue weighted by atomic mass is 16.5. The van der Waals surface area contributed by atoms with Gasteiger partial charge in [-0.25, -0.2) is 0 Å². The molecule has 2 amide bonds. The standard InChI is InChI=1S/C9H13NO5/c1-6(9(13)14)2-3-10-7(11)4-15-5-8(10)12/h6H,2-5H2,1H3,(H,13,14). The highest BCUT2D eigenvalue weighted by molar-refractivity contribution is 5.98. The van der Waals surface area contributed by atoms with Gasteiger partial charge in [-0.2, -0.15) is 0 Å². The fraction of sp³-hybridized carbons (Fsp3) is 0.667. The van der Waals surface area contributed by atoms with Gasteiger partial charge in [0.1, 0.15) is 13.2 Å². The summed E-state index contributed by atoms with van der Waals surface area (Å²) in [7, 11) is 0. The van der Waals surface area contributed by atoms with E-state index in [2.05, 4.69) is 0 Å². The van der Waals surface area contributed by atoms with Crippen LogP contribution >= 0.6 is 0 Å². The second-order valence-corrected chi connectivity index (χ2v) is 3.46. The predicted molar refractivity (Wildman–Crippen MR) is 49.0 cm³/mol. The van der Waals surface area contributed by atoms with Crippen LogP contribution in [0.4, 0.5) is 0 Å². The van der Waals surface area contributed by atoms with Crippen molar-refractivity contribution < 1.29 is 24.2 Å². The number of carboxylic acids is 1. The Morgan fingerprint density at radius 3 is 2.47 bits per heavy atom. The second-order valence-electron chi connectivity index (χ2n) is 3.46. The minimum absolute atomic E-state index is 0.104. The molecule has 15 heavy (non-hydrogen) atoms. The van der Waals surface area contributed by atoms with Gasteiger partial charge in [-0.1, -0.05) is 6.92 Å². The number of morpholine rings is 1. The second kappa shape index (κ2) is 4.88. The van der Waals surface area contributed by atoms with E-state index in [0.717, 1.165) is 4.90 Å². The number of nitrogens with zero attached hydrogens (tertiary/aromatic N) is 1. The third-order valence-electron chi connectivity index (χ3n) is 2.26. The molecule has 1 atom stereocenters. The Bertz CT molecular complexity index is 272. The molecular formula is C9H13NO5. The molecule has 0 radical (unpaired) electrons. The molecule has 0 spiro atoms. The monoisotopic (exact) mass is 215 g/mol. The maximum absolute atomic E-state index is 11.2. The SMILES string of the molecule is CC(CCN1C(=O)COCC1=O)C(=O)O. The van der Waals surface area contributed by atoms with Crippen molar-refractivity contribution in [1.82, 2.24) is 4.90 Å². The van der Waals surface area contributed by atoms with Crippen LogP contribution < -0.4 is 0 Å². The number of amides is 2. The fourth-order valence-electron chi connectivity index (χ4n) is 1.22. The van der Waals surface area contributed by atoms with Gasteiger partial charge < -0.3 is 9.84 Å². The molecule has 1 fully saturated rings. The van der Waals surface area contributed by atoms with Crippen molar-refractivity contribution in [2.24, 2.45) is 5.92 Å². The molecule has 0 saturated carbocycles. The first kappa shape index (κ1) is 11.6. The van der Waals surface area contributed by atoms with Gasteiger partial charge in [-0.05, 0) is 6.42 Å². The Balaban J connectivity index is 2.45. The molecule has 0 aliphatic carbocycles. The molecule has 1 saturated heterocycles. The van der Waals surface area contributed by atoms with E-state index in [0.29, 0.717) is 0 Å². The lowest BCUT2D eigenvalue weighted by molar-refractivity contribution is -0.159. The van der Waals surface area contributed by atoms with Crippen LogP contribution in [0.2, 0.25) is 0 Å². The zero-order chi connectivity index (χ0) is 11.4. The summed E-state index contributed by atoms with van der Waals surface area (Å²) in [6, 6.07) is 0. The number of hydrogen-bond acceptors (Lipinski definition) is 4. The molecule has 0 aromatic carbocycles. The first-order valence-corrected chi connectivity index (χ1v) is 4.66. The van der Waals surface area contributed by atoms with Gasteiger partial charge in [-0.15, -0.1) is 0 Å². The summed E-state index contributed by atoms with van der Waals surface area (Å²) < 4.78 is 4.72. The van der Waals surface area contributed by atoms with Crippen LogP contribution in [0.25, 0.3) is 0 Å². The molecule has 0 aromatic rings. The predicted octanol–water partition coefficient (Wildman–Crippen LogP) is -0.517. The van der Waals surface area contributed by atoms with Gasteiger partial charge in [-0.3, -0.25) is 19.3 Å². The highest BCUT2D eigenvalue weighted by Gasteiger charge is 2.27. The molecule has 84 valence electrons. The van der Waals surface area contributed by atoms with Gasteiger partial charge in [0.05, 0.1) is 5.92 Å². The van der Waals surface area contributed by atoms with Crippen LogP contribution in [0.5, 0.6) is 0 Å². The molecule has 1 aliphatic heterocycles. The van der Waals surface area contributed by atoms with Crippen molar-refractivity contribution >= 4 is 17.8 Å². The summed E-state index contributed by atoms with van der Waals surface area (Å²) in [5.74, 6) is -2.29. The molecule has 1 heterocycles. The van der Waals surface area contributed by atoms with E-state index in [1.54, 1.807) is 0 Å². The number of carbonyl (C=O) groups excluding carboxylic acids is 2. The Kier molecular flexibility index (Phi) is 3.79. The Morgan fingerprint density at radius 2 is 2.00 bits per heavy atom. The van der Waals surface area contributed by atoms with Crippen molar-refractivity contribution in [3.05, 3.63) is 0 Å². The highest BCUT2D eigenvalue weighted by Crippen LogP contribution is 2.07. The lowest BCUT2D eigenvalue weighted by Crippen LogP contribution is -2.46. The summed E-state index contributed by atoms with van der Waals surface area (Å²) in [4.78, 5) is 34.0. The van der Waals surface area contributed by atoms with E-state index < -0.39 is 23.7 Å². The van der Waals surface area contributed by atoms with Gasteiger partial charge in [0, 0.05) is 6.54 Å². The number of hydrogen-bond donors (Lipinski definition) is 1. The van der Waals surface area contributed by atoms with Crippen LogP contribution in [0.3, 0.4) is 0 Å². The van der Waals surface area contributed by atoms with Crippen molar-refractivity contribution in [2.45, 2.75) is 13.3 Å². The van der Waals surface area contributed by atoms with Crippen molar-refractivity contribution in [2.75, 3.05) is 19.8 Å². The normalized spacial score (nSPS) is 19.1. The molecular weight excluding hydrogens is 202 g/mol. The maximum atomic E-state index is 11.2. The van der Waals surface area contributed by atoms with E-state index >= 15 is 0 Å². The zero-order valence-corrected chi connectivity index (χ0v) is 8.43. The van der Waals surface area contributed by atoms with Crippen molar-refractivity contribution in [3.63, 3.8) is 0 Å². The van der Waals surface area contributed by atoms with Crippen molar-refractivity contribution in [3.8, 4) is 0 Å². The number of carboxylic acid groups (broad SMARTS) is 1. The van der Waals surface area contributed by atoms with Crippen LogP contribution in [-0.4, -0.2) is 47.5 Å². The largest absolute Gasteiger partial charge is 0.481 e. The quantitative estimate of drug-likeness (QED) is 0.638. The van der Waals surface area contributed by atoms with Crippen molar-refractivity contribution in [1.29, 1.82) is 0 Å². The number of aliphatic carboxylic acids is 1. The molecule has 1 aliphatic rings. The molecule has 0 bridgehead atoms. The van der Waals surface area contributed by atoms with E-state index in [1.165, 1.54) is 6.92 Å². The molecule has 6 heteroatoms. The topological polar surface area (TPSA) is 83.9 Å². The van der Waals surface area contributed by atoms with Crippen LogP contribution in [0.1, 0.15) is 13.3 Å². The minimum atomic E-state index is -0.928. The first-order valence-electron chi connectivity index (χ1n) is 4.66. The lowest BCUT2D eigenvalue weighted by atomic mass is 10.1.